The molecule has 0 saturated carbocycles. The lowest BCUT2D eigenvalue weighted by Gasteiger charge is -2.14. The van der Waals surface area contributed by atoms with Crippen molar-refractivity contribution < 1.29 is 27.5 Å². The van der Waals surface area contributed by atoms with Crippen molar-refractivity contribution >= 4 is 11.9 Å². The number of rotatable bonds is 3. The average Bonchev–Trinajstić information content (AvgIpc) is 2.38. The molecule has 0 fully saturated rings. The van der Waals surface area contributed by atoms with Crippen LogP contribution in [-0.2, 0) is 11.0 Å². The highest BCUT2D eigenvalue weighted by molar-refractivity contribution is 5.96. The summed E-state index contributed by atoms with van der Waals surface area (Å²) in [7, 11) is 1.34. The maximum atomic E-state index is 12.3. The maximum Gasteiger partial charge on any atom is 0.416 e. The third-order valence-electron chi connectivity index (χ3n) is 2.33. The minimum Gasteiger partial charge on any atom is -0.481 e. The monoisotopic (exact) mass is 290 g/mol. The van der Waals surface area contributed by atoms with Crippen LogP contribution in [0.3, 0.4) is 0 Å². The van der Waals surface area contributed by atoms with Crippen LogP contribution in [0.1, 0.15) is 12.5 Å². The van der Waals surface area contributed by atoms with Crippen molar-refractivity contribution in [3.63, 3.8) is 0 Å². The number of alkyl halides is 3. The highest BCUT2D eigenvalue weighted by Gasteiger charge is 2.30. The van der Waals surface area contributed by atoms with Gasteiger partial charge in [0.1, 0.15) is 5.75 Å². The van der Waals surface area contributed by atoms with Gasteiger partial charge in [-0.25, -0.2) is 4.79 Å². The molecule has 110 valence electrons. The van der Waals surface area contributed by atoms with Crippen LogP contribution in [0.2, 0.25) is 0 Å². The van der Waals surface area contributed by atoms with Crippen molar-refractivity contribution in [1.82, 2.24) is 10.6 Å². The molecule has 0 unspecified atom stereocenters. The molecule has 0 aromatic heterocycles. The molecule has 3 amide bonds. The molecule has 1 aromatic carbocycles. The number of hydrogen-bond donors (Lipinski definition) is 2. The van der Waals surface area contributed by atoms with Crippen LogP contribution in [0.25, 0.3) is 0 Å². The Morgan fingerprint density at radius 2 is 1.75 bits per heavy atom. The normalized spacial score (nSPS) is 12.4. The second kappa shape index (κ2) is 6.27. The molecular weight excluding hydrogens is 277 g/mol. The third-order valence-corrected chi connectivity index (χ3v) is 2.33. The van der Waals surface area contributed by atoms with Crippen molar-refractivity contribution in [1.29, 1.82) is 0 Å². The Morgan fingerprint density at radius 1 is 1.20 bits per heavy atom. The number of hydrogen-bond acceptors (Lipinski definition) is 3. The molecular formula is C12H13F3N2O3. The first-order valence-electron chi connectivity index (χ1n) is 5.60. The Labute approximate surface area is 113 Å². The minimum absolute atomic E-state index is 0.0950. The molecule has 20 heavy (non-hydrogen) atoms. The van der Waals surface area contributed by atoms with E-state index in [1.165, 1.54) is 14.0 Å². The van der Waals surface area contributed by atoms with Gasteiger partial charge in [0.25, 0.3) is 5.91 Å². The highest BCUT2D eigenvalue weighted by atomic mass is 19.4. The summed E-state index contributed by atoms with van der Waals surface area (Å²) in [5.41, 5.74) is -0.813. The van der Waals surface area contributed by atoms with Crippen molar-refractivity contribution in [2.24, 2.45) is 0 Å². The molecule has 1 aromatic rings. The number of imide groups is 1. The summed E-state index contributed by atoms with van der Waals surface area (Å²) in [6.45, 7) is 1.37. The van der Waals surface area contributed by atoms with Crippen LogP contribution in [0.5, 0.6) is 5.75 Å². The first-order valence-corrected chi connectivity index (χ1v) is 5.60. The lowest BCUT2D eigenvalue weighted by atomic mass is 10.2. The largest absolute Gasteiger partial charge is 0.481 e. The van der Waals surface area contributed by atoms with Gasteiger partial charge < -0.3 is 10.1 Å². The molecule has 0 bridgehead atoms. The van der Waals surface area contributed by atoms with Gasteiger partial charge in [0.05, 0.1) is 5.56 Å². The lowest BCUT2D eigenvalue weighted by molar-refractivity contribution is -0.137. The Hall–Kier alpha value is -2.25. The average molecular weight is 290 g/mol. The van der Waals surface area contributed by atoms with Gasteiger partial charge in [-0.1, -0.05) is 0 Å². The first kappa shape index (κ1) is 15.8. The van der Waals surface area contributed by atoms with E-state index in [0.717, 1.165) is 24.3 Å². The van der Waals surface area contributed by atoms with Crippen LogP contribution >= 0.6 is 0 Å². The molecule has 1 rings (SSSR count). The number of carbonyl (C=O) groups excluding carboxylic acids is 2. The summed E-state index contributed by atoms with van der Waals surface area (Å²) < 4.78 is 42.2. The van der Waals surface area contributed by atoms with Crippen molar-refractivity contribution in [2.45, 2.75) is 19.2 Å². The maximum absolute atomic E-state index is 12.3. The number of halogens is 3. The summed E-state index contributed by atoms with van der Waals surface area (Å²) >= 11 is 0. The number of carbonyl (C=O) groups is 2. The van der Waals surface area contributed by atoms with Crippen LogP contribution in [0.4, 0.5) is 18.0 Å². The summed E-state index contributed by atoms with van der Waals surface area (Å²) in [4.78, 5) is 22.4. The quantitative estimate of drug-likeness (QED) is 0.893. The Bertz CT molecular complexity index is 486. The number of ether oxygens (including phenoxy) is 1. The van der Waals surface area contributed by atoms with Gasteiger partial charge >= 0.3 is 12.2 Å². The molecule has 0 heterocycles. The predicted octanol–water partition coefficient (Wildman–Crippen LogP) is 1.93. The Kier molecular flexibility index (Phi) is 4.95. The van der Waals surface area contributed by atoms with E-state index in [9.17, 15) is 22.8 Å². The van der Waals surface area contributed by atoms with Gasteiger partial charge in [0.2, 0.25) is 0 Å². The molecule has 2 N–H and O–H groups in total. The summed E-state index contributed by atoms with van der Waals surface area (Å²) in [6.07, 6.45) is -5.45. The smallest absolute Gasteiger partial charge is 0.416 e. The Morgan fingerprint density at radius 3 is 2.20 bits per heavy atom. The van der Waals surface area contributed by atoms with Crippen molar-refractivity contribution in [3.8, 4) is 5.75 Å². The second-order valence-electron chi connectivity index (χ2n) is 3.85. The van der Waals surface area contributed by atoms with E-state index >= 15 is 0 Å². The summed E-state index contributed by atoms with van der Waals surface area (Å²) in [6, 6.07) is 3.20. The first-order chi connectivity index (χ1) is 9.24. The van der Waals surface area contributed by atoms with Crippen LogP contribution < -0.4 is 15.4 Å². The van der Waals surface area contributed by atoms with E-state index in [4.69, 9.17) is 4.74 Å². The Balaban J connectivity index is 2.64. The van der Waals surface area contributed by atoms with E-state index in [0.29, 0.717) is 0 Å². The topological polar surface area (TPSA) is 67.4 Å². The minimum atomic E-state index is -4.43. The molecule has 0 aliphatic heterocycles. The van der Waals surface area contributed by atoms with Crippen LogP contribution in [0, 0.1) is 0 Å². The zero-order valence-electron chi connectivity index (χ0n) is 10.7. The zero-order valence-corrected chi connectivity index (χ0v) is 10.7. The second-order valence-corrected chi connectivity index (χ2v) is 3.85. The van der Waals surface area contributed by atoms with Gasteiger partial charge in [0, 0.05) is 7.05 Å². The van der Waals surface area contributed by atoms with Crippen molar-refractivity contribution in [2.75, 3.05) is 7.05 Å². The van der Waals surface area contributed by atoms with E-state index in [1.807, 2.05) is 5.32 Å². The van der Waals surface area contributed by atoms with Gasteiger partial charge in [-0.15, -0.1) is 0 Å². The predicted molar refractivity (Wildman–Crippen MR) is 64.1 cm³/mol. The zero-order chi connectivity index (χ0) is 15.3. The third kappa shape index (κ3) is 4.45. The molecule has 5 nitrogen and oxygen atoms in total. The van der Waals surface area contributed by atoms with Gasteiger partial charge in [-0.3, -0.25) is 10.1 Å². The highest BCUT2D eigenvalue weighted by Crippen LogP contribution is 2.30. The van der Waals surface area contributed by atoms with E-state index < -0.39 is 29.8 Å². The van der Waals surface area contributed by atoms with Gasteiger partial charge in [-0.2, -0.15) is 13.2 Å². The van der Waals surface area contributed by atoms with E-state index in [2.05, 4.69) is 5.32 Å². The fourth-order valence-electron chi connectivity index (χ4n) is 1.26. The number of benzene rings is 1. The molecule has 0 saturated heterocycles. The van der Waals surface area contributed by atoms with Crippen molar-refractivity contribution in [3.05, 3.63) is 29.8 Å². The molecule has 1 atom stereocenters. The summed E-state index contributed by atoms with van der Waals surface area (Å²) in [5.74, 6) is -0.609. The van der Waals surface area contributed by atoms with E-state index in [1.54, 1.807) is 0 Å². The summed E-state index contributed by atoms with van der Waals surface area (Å²) in [5, 5.41) is 4.18. The number of nitrogens with one attached hydrogen (secondary N) is 2. The van der Waals surface area contributed by atoms with Crippen LogP contribution in [0.15, 0.2) is 24.3 Å². The fourth-order valence-corrected chi connectivity index (χ4v) is 1.26. The fraction of sp³-hybridized carbons (Fsp3) is 0.333. The van der Waals surface area contributed by atoms with Gasteiger partial charge in [0.15, 0.2) is 6.10 Å². The standard InChI is InChI=1S/C12H13F3N2O3/c1-7(10(18)17-11(19)16-2)20-9-5-3-8(4-6-9)12(13,14)15/h3-7H,1-2H3,(H2,16,17,18,19)/t7-/m1/s1. The lowest BCUT2D eigenvalue weighted by Crippen LogP contribution is -2.43. The number of amides is 3. The molecule has 0 radical (unpaired) electrons. The van der Waals surface area contributed by atoms with Crippen LogP contribution in [-0.4, -0.2) is 25.1 Å². The molecule has 0 aliphatic rings. The molecule has 0 aliphatic carbocycles. The number of urea groups is 1. The van der Waals surface area contributed by atoms with E-state index in [-0.39, 0.29) is 5.75 Å². The van der Waals surface area contributed by atoms with Gasteiger partial charge in [-0.05, 0) is 31.2 Å². The molecule has 0 spiro atoms. The molecule has 8 heteroatoms. The SMILES string of the molecule is CNC(=O)NC(=O)[C@@H](C)Oc1ccc(C(F)(F)F)cc1.